The molecule has 1 aromatic carbocycles. The van der Waals surface area contributed by atoms with Crippen LogP contribution in [0.25, 0.3) is 0 Å². The number of rotatable bonds is 7. The van der Waals surface area contributed by atoms with Gasteiger partial charge in [-0.2, -0.15) is 13.2 Å². The van der Waals surface area contributed by atoms with E-state index in [1.165, 1.54) is 12.0 Å². The van der Waals surface area contributed by atoms with Crippen LogP contribution in [-0.2, 0) is 15.7 Å². The van der Waals surface area contributed by atoms with Crippen LogP contribution >= 0.6 is 0 Å². The Morgan fingerprint density at radius 3 is 2.29 bits per heavy atom. The number of hydrogen-bond acceptors (Lipinski definition) is 4. The highest BCUT2D eigenvalue weighted by Gasteiger charge is 2.30. The number of alkyl halides is 3. The third-order valence-electron chi connectivity index (χ3n) is 3.43. The molecule has 1 unspecified atom stereocenters. The van der Waals surface area contributed by atoms with Crippen LogP contribution in [-0.4, -0.2) is 48.7 Å². The highest BCUT2D eigenvalue weighted by molar-refractivity contribution is 5.94. The van der Waals surface area contributed by atoms with E-state index >= 15 is 0 Å². The van der Waals surface area contributed by atoms with Gasteiger partial charge in [0.25, 0.3) is 5.91 Å². The fourth-order valence-electron chi connectivity index (χ4n) is 2.13. The first-order chi connectivity index (χ1) is 11.2. The summed E-state index contributed by atoms with van der Waals surface area (Å²) in [5, 5.41) is 8.93. The SMILES string of the molecule is COC(=O)C(C)CN(CCCO)C(=O)c1ccc(C(F)(F)F)cc1. The van der Waals surface area contributed by atoms with Gasteiger partial charge in [0, 0.05) is 25.3 Å². The van der Waals surface area contributed by atoms with Crippen molar-refractivity contribution in [3.63, 3.8) is 0 Å². The lowest BCUT2D eigenvalue weighted by Crippen LogP contribution is -2.38. The summed E-state index contributed by atoms with van der Waals surface area (Å²) in [6, 6.07) is 3.86. The van der Waals surface area contributed by atoms with E-state index in [0.29, 0.717) is 6.42 Å². The van der Waals surface area contributed by atoms with Crippen molar-refractivity contribution in [2.45, 2.75) is 19.5 Å². The van der Waals surface area contributed by atoms with Gasteiger partial charge in [0.05, 0.1) is 18.6 Å². The molecule has 0 saturated carbocycles. The quantitative estimate of drug-likeness (QED) is 0.769. The Morgan fingerprint density at radius 2 is 1.83 bits per heavy atom. The molecule has 0 saturated heterocycles. The Balaban J connectivity index is 2.92. The summed E-state index contributed by atoms with van der Waals surface area (Å²) in [5.74, 6) is -1.59. The summed E-state index contributed by atoms with van der Waals surface area (Å²) in [7, 11) is 1.23. The number of methoxy groups -OCH3 is 1. The van der Waals surface area contributed by atoms with E-state index in [4.69, 9.17) is 5.11 Å². The Morgan fingerprint density at radius 1 is 1.25 bits per heavy atom. The number of benzene rings is 1. The number of carbonyl (C=O) groups excluding carboxylic acids is 2. The number of aliphatic hydroxyl groups is 1. The van der Waals surface area contributed by atoms with Gasteiger partial charge in [-0.1, -0.05) is 6.92 Å². The summed E-state index contributed by atoms with van der Waals surface area (Å²) < 4.78 is 42.3. The average Bonchev–Trinajstić information content (AvgIpc) is 2.56. The van der Waals surface area contributed by atoms with E-state index in [1.54, 1.807) is 6.92 Å². The lowest BCUT2D eigenvalue weighted by molar-refractivity contribution is -0.145. The maximum absolute atomic E-state index is 12.6. The number of carbonyl (C=O) groups is 2. The smallest absolute Gasteiger partial charge is 0.416 e. The first-order valence-electron chi connectivity index (χ1n) is 7.36. The first kappa shape index (κ1) is 20.0. The van der Waals surface area contributed by atoms with Gasteiger partial charge in [-0.3, -0.25) is 9.59 Å². The predicted octanol–water partition coefficient (Wildman–Crippen LogP) is 2.34. The largest absolute Gasteiger partial charge is 0.469 e. The molecule has 8 heteroatoms. The molecule has 0 aromatic heterocycles. The number of nitrogens with zero attached hydrogens (tertiary/aromatic N) is 1. The molecule has 0 fully saturated rings. The van der Waals surface area contributed by atoms with Gasteiger partial charge in [0.15, 0.2) is 0 Å². The molecule has 0 heterocycles. The molecular formula is C16H20F3NO4. The second kappa shape index (κ2) is 8.68. The molecule has 1 atom stereocenters. The second-order valence-electron chi connectivity index (χ2n) is 5.33. The minimum absolute atomic E-state index is 0.0481. The van der Waals surface area contributed by atoms with Gasteiger partial charge in [-0.25, -0.2) is 0 Å². The molecule has 1 amide bonds. The van der Waals surface area contributed by atoms with Gasteiger partial charge in [-0.05, 0) is 30.7 Å². The standard InChI is InChI=1S/C16H20F3NO4/c1-11(15(23)24-2)10-20(8-3-9-21)14(22)12-4-6-13(7-5-12)16(17,18)19/h4-7,11,21H,3,8-10H2,1-2H3. The lowest BCUT2D eigenvalue weighted by Gasteiger charge is -2.25. The number of aliphatic hydroxyl groups excluding tert-OH is 1. The van der Waals surface area contributed by atoms with Crippen molar-refractivity contribution in [1.29, 1.82) is 0 Å². The van der Waals surface area contributed by atoms with Crippen LogP contribution in [0.5, 0.6) is 0 Å². The topological polar surface area (TPSA) is 66.8 Å². The van der Waals surface area contributed by atoms with Crippen LogP contribution in [0.15, 0.2) is 24.3 Å². The molecule has 0 radical (unpaired) electrons. The highest BCUT2D eigenvalue weighted by Crippen LogP contribution is 2.29. The fourth-order valence-corrected chi connectivity index (χ4v) is 2.13. The van der Waals surface area contributed by atoms with E-state index in [1.807, 2.05) is 0 Å². The number of amides is 1. The monoisotopic (exact) mass is 347 g/mol. The summed E-state index contributed by atoms with van der Waals surface area (Å²) in [5.41, 5.74) is -0.762. The van der Waals surface area contributed by atoms with Gasteiger partial charge in [0.2, 0.25) is 0 Å². The molecule has 0 spiro atoms. The molecule has 0 aliphatic rings. The van der Waals surface area contributed by atoms with Gasteiger partial charge in [-0.15, -0.1) is 0 Å². The van der Waals surface area contributed by atoms with Gasteiger partial charge < -0.3 is 14.7 Å². The average molecular weight is 347 g/mol. The van der Waals surface area contributed by atoms with Crippen molar-refractivity contribution in [2.75, 3.05) is 26.8 Å². The zero-order chi connectivity index (χ0) is 18.3. The predicted molar refractivity (Wildman–Crippen MR) is 80.2 cm³/mol. The van der Waals surface area contributed by atoms with E-state index in [2.05, 4.69) is 4.74 Å². The Labute approximate surface area is 138 Å². The molecule has 5 nitrogen and oxygen atoms in total. The summed E-state index contributed by atoms with van der Waals surface area (Å²) >= 11 is 0. The van der Waals surface area contributed by atoms with Crippen LogP contribution in [0.4, 0.5) is 13.2 Å². The molecule has 1 N–H and O–H groups in total. The molecule has 24 heavy (non-hydrogen) atoms. The third-order valence-corrected chi connectivity index (χ3v) is 3.43. The number of ether oxygens (including phenoxy) is 1. The van der Waals surface area contributed by atoms with Crippen molar-refractivity contribution in [3.05, 3.63) is 35.4 Å². The van der Waals surface area contributed by atoms with Crippen molar-refractivity contribution < 1.29 is 32.6 Å². The summed E-state index contributed by atoms with van der Waals surface area (Å²) in [6.45, 7) is 1.66. The number of halogens is 3. The molecule has 0 aliphatic heterocycles. The Kier molecular flexibility index (Phi) is 7.21. The zero-order valence-corrected chi connectivity index (χ0v) is 13.5. The van der Waals surface area contributed by atoms with E-state index in [-0.39, 0.29) is 25.3 Å². The maximum atomic E-state index is 12.6. The van der Waals surface area contributed by atoms with E-state index in [0.717, 1.165) is 24.3 Å². The molecular weight excluding hydrogens is 327 g/mol. The Bertz CT molecular complexity index is 557. The van der Waals surface area contributed by atoms with Crippen LogP contribution in [0.1, 0.15) is 29.3 Å². The third kappa shape index (κ3) is 5.52. The summed E-state index contributed by atoms with van der Waals surface area (Å²) in [6.07, 6.45) is -4.18. The van der Waals surface area contributed by atoms with Gasteiger partial charge >= 0.3 is 12.1 Å². The van der Waals surface area contributed by atoms with Crippen LogP contribution in [0.2, 0.25) is 0 Å². The van der Waals surface area contributed by atoms with Crippen molar-refractivity contribution in [3.8, 4) is 0 Å². The maximum Gasteiger partial charge on any atom is 0.416 e. The lowest BCUT2D eigenvalue weighted by atomic mass is 10.1. The number of hydrogen-bond donors (Lipinski definition) is 1. The van der Waals surface area contributed by atoms with Gasteiger partial charge in [0.1, 0.15) is 0 Å². The molecule has 0 bridgehead atoms. The molecule has 134 valence electrons. The zero-order valence-electron chi connectivity index (χ0n) is 13.5. The van der Waals surface area contributed by atoms with Crippen molar-refractivity contribution in [2.24, 2.45) is 5.92 Å². The summed E-state index contributed by atoms with van der Waals surface area (Å²) in [4.78, 5) is 25.3. The second-order valence-corrected chi connectivity index (χ2v) is 5.33. The van der Waals surface area contributed by atoms with Crippen LogP contribution in [0, 0.1) is 5.92 Å². The molecule has 1 aromatic rings. The van der Waals surface area contributed by atoms with Crippen molar-refractivity contribution >= 4 is 11.9 Å². The fraction of sp³-hybridized carbons (Fsp3) is 0.500. The Hall–Kier alpha value is -2.09. The number of esters is 1. The minimum Gasteiger partial charge on any atom is -0.469 e. The van der Waals surface area contributed by atoms with Crippen LogP contribution < -0.4 is 0 Å². The van der Waals surface area contributed by atoms with E-state index < -0.39 is 29.5 Å². The van der Waals surface area contributed by atoms with Crippen LogP contribution in [0.3, 0.4) is 0 Å². The molecule has 1 rings (SSSR count). The normalized spacial score (nSPS) is 12.6. The van der Waals surface area contributed by atoms with E-state index in [9.17, 15) is 22.8 Å². The highest BCUT2D eigenvalue weighted by atomic mass is 19.4. The first-order valence-corrected chi connectivity index (χ1v) is 7.36. The minimum atomic E-state index is -4.47. The molecule has 0 aliphatic carbocycles. The van der Waals surface area contributed by atoms with Crippen molar-refractivity contribution in [1.82, 2.24) is 4.90 Å².